The number of piperidine rings is 2. The molecule has 2 unspecified atom stereocenters. The van der Waals surface area contributed by atoms with Crippen LogP contribution in [0, 0.1) is 0 Å². The van der Waals surface area contributed by atoms with Crippen LogP contribution in [-0.2, 0) is 0 Å². The second kappa shape index (κ2) is 10.1. The molecule has 158 valence electrons. The number of likely N-dealkylation sites (tertiary alicyclic amines) is 2. The lowest BCUT2D eigenvalue weighted by Gasteiger charge is -2.33. The maximum absolute atomic E-state index is 4.66. The summed E-state index contributed by atoms with van der Waals surface area (Å²) in [6.45, 7) is 8.90. The van der Waals surface area contributed by atoms with Crippen LogP contribution in [0.3, 0.4) is 0 Å². The fourth-order valence-corrected chi connectivity index (χ4v) is 4.57. The minimum atomic E-state index is 0.468. The molecular weight excluding hydrogens is 368 g/mol. The Morgan fingerprint density at radius 1 is 0.567 bits per heavy atom. The number of rotatable bonds is 5. The van der Waals surface area contributed by atoms with Crippen molar-refractivity contribution in [1.82, 2.24) is 9.80 Å². The Hall–Kier alpha value is -2.30. The van der Waals surface area contributed by atoms with Gasteiger partial charge in [-0.2, -0.15) is 10.2 Å². The molecule has 2 heterocycles. The highest BCUT2D eigenvalue weighted by Crippen LogP contribution is 2.24. The van der Waals surface area contributed by atoms with Gasteiger partial charge < -0.3 is 0 Å². The van der Waals surface area contributed by atoms with Gasteiger partial charge in [0.2, 0.25) is 0 Å². The lowest BCUT2D eigenvalue weighted by Crippen LogP contribution is -2.36. The van der Waals surface area contributed by atoms with Gasteiger partial charge in [-0.1, -0.05) is 60.7 Å². The van der Waals surface area contributed by atoms with Crippen LogP contribution in [0.4, 0.5) is 0 Å². The van der Waals surface area contributed by atoms with E-state index in [1.54, 1.807) is 0 Å². The van der Waals surface area contributed by atoms with E-state index in [1.165, 1.54) is 22.6 Å². The molecule has 0 aromatic heterocycles. The highest BCUT2D eigenvalue weighted by Gasteiger charge is 2.22. The fraction of sp³-hybridized carbons (Fsp3) is 0.462. The largest absolute Gasteiger partial charge is 0.296 e. The van der Waals surface area contributed by atoms with E-state index >= 15 is 0 Å². The summed E-state index contributed by atoms with van der Waals surface area (Å²) in [4.78, 5) is 5.12. The maximum atomic E-state index is 4.66. The van der Waals surface area contributed by atoms with Crippen molar-refractivity contribution < 1.29 is 0 Å². The third-order valence-corrected chi connectivity index (χ3v) is 6.74. The summed E-state index contributed by atoms with van der Waals surface area (Å²) in [5.74, 6) is 0. The van der Waals surface area contributed by atoms with Crippen molar-refractivity contribution in [3.05, 3.63) is 71.8 Å². The van der Waals surface area contributed by atoms with Gasteiger partial charge in [0, 0.05) is 75.4 Å². The first kappa shape index (κ1) is 21.0. The zero-order valence-corrected chi connectivity index (χ0v) is 18.4. The van der Waals surface area contributed by atoms with Gasteiger partial charge in [0.1, 0.15) is 0 Å². The standard InChI is InChI=1S/C26H34N4/c1-21(23-9-5-3-6-10-23)29-17-13-25(14-18-29)27-28-26-15-19-30(20-16-26)22(2)24-11-7-4-8-12-24/h3-12,21-22H,13-20H2,1-2H3. The highest BCUT2D eigenvalue weighted by molar-refractivity contribution is 5.89. The highest BCUT2D eigenvalue weighted by atomic mass is 15.2. The van der Waals surface area contributed by atoms with Crippen LogP contribution in [0.25, 0.3) is 0 Å². The molecule has 0 N–H and O–H groups in total. The summed E-state index contributed by atoms with van der Waals surface area (Å²) in [5.41, 5.74) is 5.32. The molecule has 2 aromatic rings. The number of benzene rings is 2. The fourth-order valence-electron chi connectivity index (χ4n) is 4.57. The Labute approximate surface area is 181 Å². The van der Waals surface area contributed by atoms with Crippen LogP contribution >= 0.6 is 0 Å². The van der Waals surface area contributed by atoms with E-state index in [-0.39, 0.29) is 0 Å². The topological polar surface area (TPSA) is 31.2 Å². The van der Waals surface area contributed by atoms with Crippen molar-refractivity contribution in [2.45, 2.75) is 51.6 Å². The van der Waals surface area contributed by atoms with E-state index < -0.39 is 0 Å². The first-order chi connectivity index (χ1) is 14.7. The summed E-state index contributed by atoms with van der Waals surface area (Å²) in [7, 11) is 0. The van der Waals surface area contributed by atoms with Gasteiger partial charge in [-0.15, -0.1) is 0 Å². The molecule has 2 aliphatic heterocycles. The monoisotopic (exact) mass is 402 g/mol. The molecule has 0 spiro atoms. The maximum Gasteiger partial charge on any atom is 0.0431 e. The van der Waals surface area contributed by atoms with E-state index in [4.69, 9.17) is 0 Å². The van der Waals surface area contributed by atoms with Crippen molar-refractivity contribution in [3.63, 3.8) is 0 Å². The Balaban J connectivity index is 1.26. The van der Waals surface area contributed by atoms with Crippen LogP contribution in [0.15, 0.2) is 70.9 Å². The molecule has 2 atom stereocenters. The Morgan fingerprint density at radius 2 is 0.900 bits per heavy atom. The Kier molecular flexibility index (Phi) is 7.08. The second-order valence-corrected chi connectivity index (χ2v) is 8.58. The summed E-state index contributed by atoms with van der Waals surface area (Å²) in [6, 6.07) is 22.5. The van der Waals surface area contributed by atoms with Crippen LogP contribution in [0.2, 0.25) is 0 Å². The average Bonchev–Trinajstić information content (AvgIpc) is 2.83. The van der Waals surface area contributed by atoms with Crippen molar-refractivity contribution in [3.8, 4) is 0 Å². The van der Waals surface area contributed by atoms with Crippen molar-refractivity contribution >= 4 is 11.4 Å². The summed E-state index contributed by atoms with van der Waals surface area (Å²) in [5, 5.41) is 9.32. The van der Waals surface area contributed by atoms with E-state index in [9.17, 15) is 0 Å². The molecule has 0 bridgehead atoms. The third kappa shape index (κ3) is 5.24. The van der Waals surface area contributed by atoms with Gasteiger partial charge in [0.05, 0.1) is 0 Å². The molecule has 4 rings (SSSR count). The first-order valence-corrected chi connectivity index (χ1v) is 11.4. The molecule has 2 aliphatic rings. The molecule has 30 heavy (non-hydrogen) atoms. The molecule has 2 saturated heterocycles. The summed E-state index contributed by atoms with van der Waals surface area (Å²) >= 11 is 0. The zero-order valence-electron chi connectivity index (χ0n) is 18.4. The predicted molar refractivity (Wildman–Crippen MR) is 126 cm³/mol. The van der Waals surface area contributed by atoms with E-state index in [2.05, 4.69) is 94.5 Å². The average molecular weight is 403 g/mol. The number of hydrogen-bond acceptors (Lipinski definition) is 4. The first-order valence-electron chi connectivity index (χ1n) is 11.4. The normalized spacial score (nSPS) is 20.6. The Bertz CT molecular complexity index is 766. The van der Waals surface area contributed by atoms with E-state index in [1.807, 2.05) is 0 Å². The smallest absolute Gasteiger partial charge is 0.0431 e. The SMILES string of the molecule is CC(c1ccccc1)N1CCC(=NN=C2CCN(C(C)c3ccccc3)CC2)CC1. The number of nitrogens with zero attached hydrogens (tertiary/aromatic N) is 4. The molecule has 0 amide bonds. The molecule has 4 heteroatoms. The zero-order chi connectivity index (χ0) is 20.8. The van der Waals surface area contributed by atoms with Crippen LogP contribution < -0.4 is 0 Å². The third-order valence-electron chi connectivity index (χ3n) is 6.74. The van der Waals surface area contributed by atoms with Crippen molar-refractivity contribution in [2.75, 3.05) is 26.2 Å². The lowest BCUT2D eigenvalue weighted by molar-refractivity contribution is 0.210. The minimum absolute atomic E-state index is 0.468. The van der Waals surface area contributed by atoms with Gasteiger partial charge >= 0.3 is 0 Å². The molecule has 0 saturated carbocycles. The van der Waals surface area contributed by atoms with Gasteiger partial charge in [-0.05, 0) is 25.0 Å². The second-order valence-electron chi connectivity index (χ2n) is 8.58. The van der Waals surface area contributed by atoms with Crippen molar-refractivity contribution in [2.24, 2.45) is 10.2 Å². The molecular formula is C26H34N4. The van der Waals surface area contributed by atoms with Crippen molar-refractivity contribution in [1.29, 1.82) is 0 Å². The Morgan fingerprint density at radius 3 is 1.23 bits per heavy atom. The molecule has 2 fully saturated rings. The minimum Gasteiger partial charge on any atom is -0.296 e. The van der Waals surface area contributed by atoms with Gasteiger partial charge in [-0.25, -0.2) is 0 Å². The van der Waals surface area contributed by atoms with E-state index in [0.29, 0.717) is 12.1 Å². The van der Waals surface area contributed by atoms with Gasteiger partial charge in [0.15, 0.2) is 0 Å². The van der Waals surface area contributed by atoms with Gasteiger partial charge in [-0.3, -0.25) is 9.80 Å². The molecule has 0 aliphatic carbocycles. The molecule has 2 aromatic carbocycles. The van der Waals surface area contributed by atoms with Crippen LogP contribution in [0.5, 0.6) is 0 Å². The van der Waals surface area contributed by atoms with E-state index in [0.717, 1.165) is 51.9 Å². The summed E-state index contributed by atoms with van der Waals surface area (Å²) in [6.07, 6.45) is 4.13. The quantitative estimate of drug-likeness (QED) is 0.619. The molecule has 4 nitrogen and oxygen atoms in total. The number of hydrogen-bond donors (Lipinski definition) is 0. The lowest BCUT2D eigenvalue weighted by atomic mass is 10.0. The van der Waals surface area contributed by atoms with Crippen LogP contribution in [-0.4, -0.2) is 47.4 Å². The molecule has 0 radical (unpaired) electrons. The van der Waals surface area contributed by atoms with Crippen LogP contribution in [0.1, 0.15) is 62.7 Å². The predicted octanol–water partition coefficient (Wildman–Crippen LogP) is 5.50. The van der Waals surface area contributed by atoms with Gasteiger partial charge in [0.25, 0.3) is 0 Å². The summed E-state index contributed by atoms with van der Waals surface area (Å²) < 4.78 is 0.